The van der Waals surface area contributed by atoms with Gasteiger partial charge in [0.15, 0.2) is 0 Å². The van der Waals surface area contributed by atoms with Crippen LogP contribution < -0.4 is 5.32 Å². The first-order valence-corrected chi connectivity index (χ1v) is 3.94. The predicted molar refractivity (Wildman–Crippen MR) is 42.8 cm³/mol. The van der Waals surface area contributed by atoms with Crippen molar-refractivity contribution in [3.05, 3.63) is 0 Å². The van der Waals surface area contributed by atoms with Crippen LogP contribution in [0, 0.1) is 0 Å². The van der Waals surface area contributed by atoms with Crippen molar-refractivity contribution in [2.75, 3.05) is 6.54 Å². The Morgan fingerprint density at radius 2 is 2.00 bits per heavy atom. The van der Waals surface area contributed by atoms with Gasteiger partial charge in [-0.25, -0.2) is 0 Å². The van der Waals surface area contributed by atoms with Crippen LogP contribution in [0.1, 0.15) is 33.6 Å². The van der Waals surface area contributed by atoms with Gasteiger partial charge in [0.25, 0.3) is 0 Å². The molecule has 0 aromatic carbocycles. The van der Waals surface area contributed by atoms with Crippen molar-refractivity contribution in [1.82, 2.24) is 5.32 Å². The molecule has 9 heavy (non-hydrogen) atoms. The lowest BCUT2D eigenvalue weighted by Gasteiger charge is -2.20. The first kappa shape index (κ1) is 9.25. The number of nitrogens with one attached hydrogen (secondary N) is 1. The lowest BCUT2D eigenvalue weighted by molar-refractivity contribution is 0.477. The first-order valence-electron chi connectivity index (χ1n) is 3.56. The molecule has 0 amide bonds. The van der Waals surface area contributed by atoms with Crippen LogP contribution in [0.2, 0.25) is 0 Å². The zero-order chi connectivity index (χ0) is 7.33. The maximum atomic E-state index is 5.99. The molecule has 1 atom stereocenters. The minimum atomic E-state index is -0.185. The molecule has 1 nitrogen and oxygen atoms in total. The maximum absolute atomic E-state index is 5.99. The molecule has 0 spiro atoms. The molecule has 0 aromatic heterocycles. The van der Waals surface area contributed by atoms with Crippen LogP contribution >= 0.6 is 11.6 Å². The Bertz CT molecular complexity index is 71.3. The van der Waals surface area contributed by atoms with E-state index in [1.165, 1.54) is 0 Å². The highest BCUT2D eigenvalue weighted by atomic mass is 35.5. The SMILES string of the molecule is CCCNC(C)(Cl)CC. The van der Waals surface area contributed by atoms with Crippen LogP contribution in [0.25, 0.3) is 0 Å². The van der Waals surface area contributed by atoms with E-state index in [4.69, 9.17) is 11.6 Å². The molecule has 0 aliphatic carbocycles. The summed E-state index contributed by atoms with van der Waals surface area (Å²) in [4.78, 5) is -0.185. The van der Waals surface area contributed by atoms with E-state index in [0.29, 0.717) is 0 Å². The van der Waals surface area contributed by atoms with E-state index in [9.17, 15) is 0 Å². The molecule has 0 aliphatic heterocycles. The summed E-state index contributed by atoms with van der Waals surface area (Å²) in [5.41, 5.74) is 0. The lowest BCUT2D eigenvalue weighted by Crippen LogP contribution is -2.36. The van der Waals surface area contributed by atoms with Gasteiger partial charge in [-0.3, -0.25) is 5.32 Å². The smallest absolute Gasteiger partial charge is 0.0904 e. The second-order valence-electron chi connectivity index (χ2n) is 2.48. The van der Waals surface area contributed by atoms with Gasteiger partial charge in [0.1, 0.15) is 0 Å². The van der Waals surface area contributed by atoms with Crippen LogP contribution in [0.3, 0.4) is 0 Å². The Morgan fingerprint density at radius 1 is 1.44 bits per heavy atom. The molecular formula is C7H16ClN. The van der Waals surface area contributed by atoms with Crippen LogP contribution in [0.5, 0.6) is 0 Å². The molecule has 1 N–H and O–H groups in total. The summed E-state index contributed by atoms with van der Waals surface area (Å²) in [5, 5.41) is 3.22. The van der Waals surface area contributed by atoms with Crippen LogP contribution in [-0.4, -0.2) is 11.5 Å². The number of alkyl halides is 1. The second kappa shape index (κ2) is 4.13. The number of hydrogen-bond donors (Lipinski definition) is 1. The molecule has 0 rings (SSSR count). The van der Waals surface area contributed by atoms with E-state index in [1.54, 1.807) is 0 Å². The average molecular weight is 150 g/mol. The molecule has 0 fully saturated rings. The Balaban J connectivity index is 3.33. The van der Waals surface area contributed by atoms with Gasteiger partial charge >= 0.3 is 0 Å². The van der Waals surface area contributed by atoms with Crippen molar-refractivity contribution in [2.45, 2.75) is 38.6 Å². The monoisotopic (exact) mass is 149 g/mol. The zero-order valence-electron chi connectivity index (χ0n) is 6.50. The van der Waals surface area contributed by atoms with Crippen molar-refractivity contribution >= 4 is 11.6 Å². The molecule has 0 bridgehead atoms. The van der Waals surface area contributed by atoms with E-state index in [-0.39, 0.29) is 5.00 Å². The third-order valence-electron chi connectivity index (χ3n) is 1.41. The fourth-order valence-corrected chi connectivity index (χ4v) is 0.605. The molecule has 0 aromatic rings. The largest absolute Gasteiger partial charge is 0.299 e. The third kappa shape index (κ3) is 4.73. The number of rotatable bonds is 4. The zero-order valence-corrected chi connectivity index (χ0v) is 7.26. The molecular weight excluding hydrogens is 134 g/mol. The van der Waals surface area contributed by atoms with Crippen molar-refractivity contribution in [3.8, 4) is 0 Å². The topological polar surface area (TPSA) is 12.0 Å². The quantitative estimate of drug-likeness (QED) is 0.478. The Labute approximate surface area is 62.8 Å². The van der Waals surface area contributed by atoms with Gasteiger partial charge < -0.3 is 0 Å². The Hall–Kier alpha value is 0.250. The molecule has 0 saturated carbocycles. The second-order valence-corrected chi connectivity index (χ2v) is 3.31. The summed E-state index contributed by atoms with van der Waals surface area (Å²) in [6.07, 6.45) is 2.11. The van der Waals surface area contributed by atoms with E-state index in [0.717, 1.165) is 19.4 Å². The molecule has 2 heteroatoms. The molecule has 0 saturated heterocycles. The van der Waals surface area contributed by atoms with E-state index in [2.05, 4.69) is 19.2 Å². The Morgan fingerprint density at radius 3 is 2.33 bits per heavy atom. The van der Waals surface area contributed by atoms with Crippen LogP contribution in [0.4, 0.5) is 0 Å². The van der Waals surface area contributed by atoms with Crippen molar-refractivity contribution in [3.63, 3.8) is 0 Å². The summed E-state index contributed by atoms with van der Waals surface area (Å²) in [7, 11) is 0. The minimum absolute atomic E-state index is 0.185. The Kier molecular flexibility index (Phi) is 4.24. The van der Waals surface area contributed by atoms with Gasteiger partial charge in [0, 0.05) is 0 Å². The minimum Gasteiger partial charge on any atom is -0.299 e. The molecule has 0 aliphatic rings. The van der Waals surface area contributed by atoms with Crippen molar-refractivity contribution in [1.29, 1.82) is 0 Å². The number of hydrogen-bond acceptors (Lipinski definition) is 1. The first-order chi connectivity index (χ1) is 4.12. The van der Waals surface area contributed by atoms with E-state index in [1.807, 2.05) is 6.92 Å². The van der Waals surface area contributed by atoms with Crippen molar-refractivity contribution in [2.24, 2.45) is 0 Å². The summed E-state index contributed by atoms with van der Waals surface area (Å²) in [5.74, 6) is 0. The molecule has 1 unspecified atom stereocenters. The predicted octanol–water partition coefficient (Wildman–Crippen LogP) is 2.35. The summed E-state index contributed by atoms with van der Waals surface area (Å²) >= 11 is 5.99. The molecule has 0 heterocycles. The highest BCUT2D eigenvalue weighted by Crippen LogP contribution is 2.13. The molecule has 56 valence electrons. The van der Waals surface area contributed by atoms with Gasteiger partial charge in [-0.05, 0) is 26.3 Å². The standard InChI is InChI=1S/C7H16ClN/c1-4-6-9-7(3,8)5-2/h9H,4-6H2,1-3H3. The van der Waals surface area contributed by atoms with Gasteiger partial charge in [-0.15, -0.1) is 11.6 Å². The number of halogens is 1. The summed E-state index contributed by atoms with van der Waals surface area (Å²) in [6, 6.07) is 0. The fourth-order valence-electron chi connectivity index (χ4n) is 0.511. The van der Waals surface area contributed by atoms with Crippen LogP contribution in [-0.2, 0) is 0 Å². The van der Waals surface area contributed by atoms with Crippen LogP contribution in [0.15, 0.2) is 0 Å². The highest BCUT2D eigenvalue weighted by molar-refractivity contribution is 6.23. The van der Waals surface area contributed by atoms with E-state index >= 15 is 0 Å². The highest BCUT2D eigenvalue weighted by Gasteiger charge is 2.14. The summed E-state index contributed by atoms with van der Waals surface area (Å²) < 4.78 is 0. The van der Waals surface area contributed by atoms with Gasteiger partial charge in [-0.1, -0.05) is 13.8 Å². The maximum Gasteiger partial charge on any atom is 0.0904 e. The normalized spacial score (nSPS) is 17.3. The van der Waals surface area contributed by atoms with Gasteiger partial charge in [-0.2, -0.15) is 0 Å². The van der Waals surface area contributed by atoms with Gasteiger partial charge in [0.05, 0.1) is 5.00 Å². The lowest BCUT2D eigenvalue weighted by atomic mass is 10.2. The summed E-state index contributed by atoms with van der Waals surface area (Å²) in [6.45, 7) is 7.23. The van der Waals surface area contributed by atoms with Crippen molar-refractivity contribution < 1.29 is 0 Å². The van der Waals surface area contributed by atoms with E-state index < -0.39 is 0 Å². The third-order valence-corrected chi connectivity index (χ3v) is 1.81. The van der Waals surface area contributed by atoms with Gasteiger partial charge in [0.2, 0.25) is 0 Å². The average Bonchev–Trinajstić information content (AvgIpc) is 1.84. The molecule has 0 radical (unpaired) electrons. The fraction of sp³-hybridized carbons (Fsp3) is 1.00.